The first kappa shape index (κ1) is 15.7. The van der Waals surface area contributed by atoms with E-state index in [1.165, 1.54) is 6.07 Å². The highest BCUT2D eigenvalue weighted by atomic mass is 19.1. The van der Waals surface area contributed by atoms with Gasteiger partial charge < -0.3 is 15.0 Å². The van der Waals surface area contributed by atoms with Gasteiger partial charge >= 0.3 is 0 Å². The Labute approximate surface area is 145 Å². The fraction of sp³-hybridized carbons (Fsp3) is 0.250. The number of carbonyl (C=O) groups excluding carboxylic acids is 1. The van der Waals surface area contributed by atoms with Gasteiger partial charge in [0.1, 0.15) is 11.6 Å². The Morgan fingerprint density at radius 2 is 2.04 bits per heavy atom. The number of carbonyl (C=O) groups is 1. The van der Waals surface area contributed by atoms with Gasteiger partial charge in [0.2, 0.25) is 5.91 Å². The second kappa shape index (κ2) is 5.92. The largest absolute Gasteiger partial charge is 0.497 e. The zero-order chi connectivity index (χ0) is 17.4. The van der Waals surface area contributed by atoms with E-state index in [-0.39, 0.29) is 11.7 Å². The van der Waals surface area contributed by atoms with Crippen LogP contribution in [0.3, 0.4) is 0 Å². The number of aromatic amines is 1. The van der Waals surface area contributed by atoms with Gasteiger partial charge in [0.05, 0.1) is 19.1 Å². The number of hydrogen-bond acceptors (Lipinski definition) is 2. The standard InChI is InChI=1S/C20H19FN2O2/c1-25-15-6-7-18-13(11-15)10-14(23-18)12-22-19(24)20(8-9-20)16-4-2-3-5-17(16)21/h2-7,10-11,23H,8-9,12H2,1H3,(H,22,24). The molecule has 128 valence electrons. The molecule has 3 aromatic rings. The van der Waals surface area contributed by atoms with Crippen LogP contribution in [0.5, 0.6) is 5.75 Å². The highest BCUT2D eigenvalue weighted by molar-refractivity contribution is 5.91. The average molecular weight is 338 g/mol. The Balaban J connectivity index is 1.50. The summed E-state index contributed by atoms with van der Waals surface area (Å²) >= 11 is 0. The summed E-state index contributed by atoms with van der Waals surface area (Å²) in [4.78, 5) is 15.9. The molecule has 25 heavy (non-hydrogen) atoms. The normalized spacial score (nSPS) is 15.1. The third kappa shape index (κ3) is 2.76. The van der Waals surface area contributed by atoms with Crippen molar-refractivity contribution >= 4 is 16.8 Å². The average Bonchev–Trinajstić information content (AvgIpc) is 3.33. The number of ether oxygens (including phenoxy) is 1. The van der Waals surface area contributed by atoms with E-state index in [0.29, 0.717) is 24.9 Å². The molecule has 0 aliphatic heterocycles. The molecule has 1 aromatic heterocycles. The molecule has 0 bridgehead atoms. The van der Waals surface area contributed by atoms with Crippen LogP contribution in [0.1, 0.15) is 24.1 Å². The van der Waals surface area contributed by atoms with E-state index in [1.54, 1.807) is 25.3 Å². The zero-order valence-corrected chi connectivity index (χ0v) is 13.9. The first-order valence-corrected chi connectivity index (χ1v) is 8.31. The molecule has 4 rings (SSSR count). The van der Waals surface area contributed by atoms with E-state index in [9.17, 15) is 9.18 Å². The minimum absolute atomic E-state index is 0.117. The molecular weight excluding hydrogens is 319 g/mol. The summed E-state index contributed by atoms with van der Waals surface area (Å²) in [6, 6.07) is 14.3. The van der Waals surface area contributed by atoms with Crippen LogP contribution in [-0.2, 0) is 16.8 Å². The van der Waals surface area contributed by atoms with Crippen molar-refractivity contribution in [2.75, 3.05) is 7.11 Å². The van der Waals surface area contributed by atoms with Crippen molar-refractivity contribution in [3.05, 3.63) is 65.6 Å². The molecule has 0 spiro atoms. The van der Waals surface area contributed by atoms with Gasteiger partial charge in [0.15, 0.2) is 0 Å². The van der Waals surface area contributed by atoms with E-state index in [1.807, 2.05) is 24.3 Å². The monoisotopic (exact) mass is 338 g/mol. The van der Waals surface area contributed by atoms with Crippen LogP contribution in [0, 0.1) is 5.82 Å². The number of methoxy groups -OCH3 is 1. The fourth-order valence-corrected chi connectivity index (χ4v) is 3.33. The van der Waals surface area contributed by atoms with Crippen molar-refractivity contribution in [2.45, 2.75) is 24.8 Å². The topological polar surface area (TPSA) is 54.1 Å². The summed E-state index contributed by atoms with van der Waals surface area (Å²) in [7, 11) is 1.63. The number of H-pyrrole nitrogens is 1. The minimum atomic E-state index is -0.708. The first-order chi connectivity index (χ1) is 12.1. The SMILES string of the molecule is COc1ccc2[nH]c(CNC(=O)C3(c4ccccc4F)CC3)cc2c1. The third-order valence-corrected chi connectivity index (χ3v) is 4.90. The number of fused-ring (bicyclic) bond motifs is 1. The number of halogens is 1. The second-order valence-corrected chi connectivity index (χ2v) is 6.49. The first-order valence-electron chi connectivity index (χ1n) is 8.31. The van der Waals surface area contributed by atoms with Crippen LogP contribution >= 0.6 is 0 Å². The molecule has 1 heterocycles. The van der Waals surface area contributed by atoms with Crippen molar-refractivity contribution in [3.63, 3.8) is 0 Å². The lowest BCUT2D eigenvalue weighted by Gasteiger charge is -2.16. The van der Waals surface area contributed by atoms with E-state index in [4.69, 9.17) is 4.74 Å². The van der Waals surface area contributed by atoms with Crippen LogP contribution in [0.15, 0.2) is 48.5 Å². The van der Waals surface area contributed by atoms with E-state index in [2.05, 4.69) is 10.3 Å². The molecule has 1 aliphatic carbocycles. The van der Waals surface area contributed by atoms with Crippen LogP contribution < -0.4 is 10.1 Å². The highest BCUT2D eigenvalue weighted by Gasteiger charge is 2.52. The molecule has 1 amide bonds. The maximum Gasteiger partial charge on any atom is 0.231 e. The smallest absolute Gasteiger partial charge is 0.231 e. The number of rotatable bonds is 5. The molecule has 2 N–H and O–H groups in total. The summed E-state index contributed by atoms with van der Waals surface area (Å²) in [5, 5.41) is 3.98. The van der Waals surface area contributed by atoms with Gasteiger partial charge in [-0.25, -0.2) is 4.39 Å². The predicted molar refractivity (Wildman–Crippen MR) is 94.0 cm³/mol. The molecule has 4 nitrogen and oxygen atoms in total. The number of benzene rings is 2. The molecule has 2 aromatic carbocycles. The Morgan fingerprint density at radius 1 is 1.24 bits per heavy atom. The molecular formula is C20H19FN2O2. The molecule has 1 fully saturated rings. The van der Waals surface area contributed by atoms with Crippen molar-refractivity contribution in [3.8, 4) is 5.75 Å². The molecule has 1 aliphatic rings. The summed E-state index contributed by atoms with van der Waals surface area (Å²) in [5.41, 5.74) is 1.68. The summed E-state index contributed by atoms with van der Waals surface area (Å²) in [6.07, 6.45) is 1.37. The fourth-order valence-electron chi connectivity index (χ4n) is 3.33. The van der Waals surface area contributed by atoms with Gasteiger partial charge in [-0.05, 0) is 43.2 Å². The van der Waals surface area contributed by atoms with E-state index in [0.717, 1.165) is 22.3 Å². The number of amides is 1. The third-order valence-electron chi connectivity index (χ3n) is 4.90. The van der Waals surface area contributed by atoms with Crippen LogP contribution in [0.2, 0.25) is 0 Å². The van der Waals surface area contributed by atoms with E-state index >= 15 is 0 Å². The lowest BCUT2D eigenvalue weighted by molar-refractivity contribution is -0.123. The Bertz CT molecular complexity index is 944. The predicted octanol–water partition coefficient (Wildman–Crippen LogP) is 3.66. The van der Waals surface area contributed by atoms with Gasteiger partial charge in [-0.3, -0.25) is 4.79 Å². The zero-order valence-electron chi connectivity index (χ0n) is 13.9. The summed E-state index contributed by atoms with van der Waals surface area (Å²) in [5.74, 6) is 0.361. The quantitative estimate of drug-likeness (QED) is 0.746. The van der Waals surface area contributed by atoms with E-state index < -0.39 is 5.41 Å². The molecule has 0 radical (unpaired) electrons. The molecule has 0 atom stereocenters. The number of hydrogen-bond donors (Lipinski definition) is 2. The molecule has 0 unspecified atom stereocenters. The minimum Gasteiger partial charge on any atom is -0.497 e. The molecule has 1 saturated carbocycles. The lowest BCUT2D eigenvalue weighted by atomic mass is 9.94. The second-order valence-electron chi connectivity index (χ2n) is 6.49. The van der Waals surface area contributed by atoms with Gasteiger partial charge in [-0.2, -0.15) is 0 Å². The maximum absolute atomic E-state index is 14.1. The lowest BCUT2D eigenvalue weighted by Crippen LogP contribution is -2.34. The van der Waals surface area contributed by atoms with Crippen molar-refractivity contribution in [2.24, 2.45) is 0 Å². The van der Waals surface area contributed by atoms with Crippen LogP contribution in [0.25, 0.3) is 10.9 Å². The molecule has 5 heteroatoms. The van der Waals surface area contributed by atoms with Gasteiger partial charge in [0, 0.05) is 22.2 Å². The van der Waals surface area contributed by atoms with Crippen molar-refractivity contribution in [1.29, 1.82) is 0 Å². The Hall–Kier alpha value is -2.82. The van der Waals surface area contributed by atoms with Crippen molar-refractivity contribution in [1.82, 2.24) is 10.3 Å². The Morgan fingerprint density at radius 3 is 2.76 bits per heavy atom. The van der Waals surface area contributed by atoms with Crippen LogP contribution in [0.4, 0.5) is 4.39 Å². The summed E-state index contributed by atoms with van der Waals surface area (Å²) in [6.45, 7) is 0.381. The highest BCUT2D eigenvalue weighted by Crippen LogP contribution is 2.49. The Kier molecular flexibility index (Phi) is 3.71. The van der Waals surface area contributed by atoms with Gasteiger partial charge in [-0.15, -0.1) is 0 Å². The number of nitrogens with one attached hydrogen (secondary N) is 2. The van der Waals surface area contributed by atoms with Crippen molar-refractivity contribution < 1.29 is 13.9 Å². The number of aromatic nitrogens is 1. The molecule has 0 saturated heterocycles. The van der Waals surface area contributed by atoms with Gasteiger partial charge in [0.25, 0.3) is 0 Å². The summed E-state index contributed by atoms with van der Waals surface area (Å²) < 4.78 is 19.3. The maximum atomic E-state index is 14.1. The van der Waals surface area contributed by atoms with Gasteiger partial charge in [-0.1, -0.05) is 18.2 Å². The van der Waals surface area contributed by atoms with Crippen LogP contribution in [-0.4, -0.2) is 18.0 Å².